The van der Waals surface area contributed by atoms with Gasteiger partial charge in [0.05, 0.1) is 5.02 Å². The topological polar surface area (TPSA) is 59.5 Å². The summed E-state index contributed by atoms with van der Waals surface area (Å²) in [4.78, 5) is 6.68. The summed E-state index contributed by atoms with van der Waals surface area (Å²) in [6.07, 6.45) is 4.03. The highest BCUT2D eigenvalue weighted by atomic mass is 35.5. The summed E-state index contributed by atoms with van der Waals surface area (Å²) in [6.45, 7) is 1.63. The molecule has 2 aromatic heterocycles. The molecule has 1 unspecified atom stereocenters. The van der Waals surface area contributed by atoms with Gasteiger partial charge in [-0.2, -0.15) is 4.98 Å². The first-order valence-electron chi connectivity index (χ1n) is 5.76. The first-order valence-corrected chi connectivity index (χ1v) is 6.14. The molecule has 0 amide bonds. The van der Waals surface area contributed by atoms with E-state index in [1.165, 1.54) is 0 Å². The molecule has 3 heterocycles. The zero-order valence-electron chi connectivity index (χ0n) is 9.38. The molecular formula is C11H14ClN5. The van der Waals surface area contributed by atoms with Crippen LogP contribution in [0, 0.1) is 0 Å². The van der Waals surface area contributed by atoms with Crippen molar-refractivity contribution in [1.82, 2.24) is 14.6 Å². The highest BCUT2D eigenvalue weighted by molar-refractivity contribution is 6.30. The van der Waals surface area contributed by atoms with Gasteiger partial charge in [0.2, 0.25) is 5.95 Å². The van der Waals surface area contributed by atoms with Crippen LogP contribution in [-0.4, -0.2) is 33.7 Å². The largest absolute Gasteiger partial charge is 0.335 e. The van der Waals surface area contributed by atoms with Gasteiger partial charge in [0.15, 0.2) is 5.65 Å². The van der Waals surface area contributed by atoms with Crippen LogP contribution in [0.2, 0.25) is 5.02 Å². The van der Waals surface area contributed by atoms with E-state index in [2.05, 4.69) is 15.0 Å². The average Bonchev–Trinajstić information content (AvgIpc) is 2.93. The van der Waals surface area contributed by atoms with Gasteiger partial charge < -0.3 is 10.6 Å². The van der Waals surface area contributed by atoms with Crippen LogP contribution in [0.1, 0.15) is 12.8 Å². The number of aromatic nitrogens is 3. The first-order chi connectivity index (χ1) is 8.28. The Labute approximate surface area is 104 Å². The molecule has 1 saturated heterocycles. The maximum absolute atomic E-state index is 5.92. The van der Waals surface area contributed by atoms with Crippen LogP contribution < -0.4 is 10.6 Å². The number of anilines is 1. The fourth-order valence-corrected chi connectivity index (χ4v) is 2.47. The number of hydrogen-bond donors (Lipinski definition) is 1. The molecule has 0 radical (unpaired) electrons. The molecule has 0 spiro atoms. The Balaban J connectivity index is 2.00. The van der Waals surface area contributed by atoms with Crippen molar-refractivity contribution in [2.75, 3.05) is 18.0 Å². The smallest absolute Gasteiger partial charge is 0.245 e. The fraction of sp³-hybridized carbons (Fsp3) is 0.455. The molecule has 2 aromatic rings. The summed E-state index contributed by atoms with van der Waals surface area (Å²) in [5.74, 6) is 0.750. The lowest BCUT2D eigenvalue weighted by Gasteiger charge is -2.21. The lowest BCUT2D eigenvalue weighted by molar-refractivity contribution is 0.664. The zero-order chi connectivity index (χ0) is 11.8. The van der Waals surface area contributed by atoms with E-state index in [0.717, 1.165) is 31.0 Å². The Morgan fingerprint density at radius 2 is 2.35 bits per heavy atom. The molecule has 0 aromatic carbocycles. The maximum Gasteiger partial charge on any atom is 0.245 e. The third-order valence-corrected chi connectivity index (χ3v) is 3.41. The molecular weight excluding hydrogens is 238 g/mol. The number of hydrogen-bond acceptors (Lipinski definition) is 4. The van der Waals surface area contributed by atoms with Crippen molar-refractivity contribution in [3.05, 3.63) is 23.4 Å². The van der Waals surface area contributed by atoms with Crippen molar-refractivity contribution in [3.63, 3.8) is 0 Å². The Morgan fingerprint density at radius 3 is 3.18 bits per heavy atom. The zero-order valence-corrected chi connectivity index (χ0v) is 10.1. The Kier molecular flexibility index (Phi) is 2.64. The van der Waals surface area contributed by atoms with Gasteiger partial charge >= 0.3 is 0 Å². The number of nitrogens with two attached hydrogens (primary N) is 1. The highest BCUT2D eigenvalue weighted by Crippen LogP contribution is 2.22. The summed E-state index contributed by atoms with van der Waals surface area (Å²) >= 11 is 5.92. The number of rotatable bonds is 2. The summed E-state index contributed by atoms with van der Waals surface area (Å²) in [7, 11) is 0. The van der Waals surface area contributed by atoms with E-state index in [9.17, 15) is 0 Å². The second-order valence-electron chi connectivity index (χ2n) is 4.29. The Bertz CT molecular complexity index is 538. The monoisotopic (exact) mass is 251 g/mol. The standard InChI is InChI=1S/C11H14ClN5/c12-8-3-4-10-14-11(15-17(10)7-8)16-5-1-2-9(16)6-13/h3-4,7,9H,1-2,5-6,13H2. The van der Waals surface area contributed by atoms with Crippen LogP contribution >= 0.6 is 11.6 Å². The van der Waals surface area contributed by atoms with Gasteiger partial charge in [-0.05, 0) is 25.0 Å². The van der Waals surface area contributed by atoms with Gasteiger partial charge in [0.25, 0.3) is 0 Å². The van der Waals surface area contributed by atoms with E-state index >= 15 is 0 Å². The predicted octanol–water partition coefficient (Wildman–Crippen LogP) is 1.31. The van der Waals surface area contributed by atoms with Crippen molar-refractivity contribution in [3.8, 4) is 0 Å². The summed E-state index contributed by atoms with van der Waals surface area (Å²) in [5.41, 5.74) is 6.57. The van der Waals surface area contributed by atoms with Crippen molar-refractivity contribution in [1.29, 1.82) is 0 Å². The molecule has 0 saturated carbocycles. The molecule has 0 aliphatic carbocycles. The number of nitrogens with zero attached hydrogens (tertiary/aromatic N) is 4. The third kappa shape index (κ3) is 1.85. The Morgan fingerprint density at radius 1 is 1.47 bits per heavy atom. The van der Waals surface area contributed by atoms with Gasteiger partial charge in [-0.1, -0.05) is 11.6 Å². The maximum atomic E-state index is 5.92. The van der Waals surface area contributed by atoms with E-state index in [1.54, 1.807) is 10.7 Å². The van der Waals surface area contributed by atoms with Crippen LogP contribution in [0.15, 0.2) is 18.3 Å². The van der Waals surface area contributed by atoms with Crippen LogP contribution in [0.4, 0.5) is 5.95 Å². The number of fused-ring (bicyclic) bond motifs is 1. The molecule has 0 bridgehead atoms. The van der Waals surface area contributed by atoms with Crippen molar-refractivity contribution in [2.45, 2.75) is 18.9 Å². The molecule has 1 aliphatic heterocycles. The SMILES string of the molecule is NCC1CCCN1c1nc2ccc(Cl)cn2n1. The molecule has 90 valence electrons. The van der Waals surface area contributed by atoms with Gasteiger partial charge in [-0.15, -0.1) is 5.10 Å². The van der Waals surface area contributed by atoms with Crippen molar-refractivity contribution < 1.29 is 0 Å². The van der Waals surface area contributed by atoms with E-state index in [0.29, 0.717) is 17.6 Å². The molecule has 3 rings (SSSR count). The van der Waals surface area contributed by atoms with Gasteiger partial charge in [0, 0.05) is 25.3 Å². The van der Waals surface area contributed by atoms with Crippen molar-refractivity contribution >= 4 is 23.2 Å². The summed E-state index contributed by atoms with van der Waals surface area (Å²) < 4.78 is 1.71. The van der Waals surface area contributed by atoms with Crippen LogP contribution in [0.5, 0.6) is 0 Å². The van der Waals surface area contributed by atoms with E-state index in [-0.39, 0.29) is 0 Å². The molecule has 2 N–H and O–H groups in total. The predicted molar refractivity (Wildman–Crippen MR) is 67.4 cm³/mol. The lowest BCUT2D eigenvalue weighted by atomic mass is 10.2. The highest BCUT2D eigenvalue weighted by Gasteiger charge is 2.26. The van der Waals surface area contributed by atoms with E-state index < -0.39 is 0 Å². The average molecular weight is 252 g/mol. The minimum atomic E-state index is 0.364. The molecule has 1 aliphatic rings. The molecule has 1 fully saturated rings. The van der Waals surface area contributed by atoms with Gasteiger partial charge in [0.1, 0.15) is 0 Å². The molecule has 5 nitrogen and oxygen atoms in total. The summed E-state index contributed by atoms with van der Waals surface area (Å²) in [6, 6.07) is 4.05. The van der Waals surface area contributed by atoms with Gasteiger partial charge in [-0.25, -0.2) is 4.52 Å². The molecule has 6 heteroatoms. The number of pyridine rings is 1. The quantitative estimate of drug-likeness (QED) is 0.874. The molecule has 1 atom stereocenters. The van der Waals surface area contributed by atoms with Crippen LogP contribution in [0.25, 0.3) is 5.65 Å². The third-order valence-electron chi connectivity index (χ3n) is 3.19. The Hall–Kier alpha value is -1.33. The van der Waals surface area contributed by atoms with Gasteiger partial charge in [-0.3, -0.25) is 0 Å². The van der Waals surface area contributed by atoms with Crippen LogP contribution in [-0.2, 0) is 0 Å². The first kappa shape index (κ1) is 10.8. The normalized spacial score (nSPS) is 20.4. The minimum absolute atomic E-state index is 0.364. The van der Waals surface area contributed by atoms with Crippen LogP contribution in [0.3, 0.4) is 0 Å². The number of halogens is 1. The van der Waals surface area contributed by atoms with E-state index in [1.807, 2.05) is 12.1 Å². The summed E-state index contributed by atoms with van der Waals surface area (Å²) in [5, 5.41) is 5.10. The molecule has 17 heavy (non-hydrogen) atoms. The fourth-order valence-electron chi connectivity index (χ4n) is 2.31. The van der Waals surface area contributed by atoms with E-state index in [4.69, 9.17) is 17.3 Å². The van der Waals surface area contributed by atoms with Crippen molar-refractivity contribution in [2.24, 2.45) is 5.73 Å². The second-order valence-corrected chi connectivity index (χ2v) is 4.72. The minimum Gasteiger partial charge on any atom is -0.335 e. The second kappa shape index (κ2) is 4.16. The lowest BCUT2D eigenvalue weighted by Crippen LogP contribution is -2.36.